The summed E-state index contributed by atoms with van der Waals surface area (Å²) in [5.41, 5.74) is 0. The van der Waals surface area contributed by atoms with E-state index in [1.807, 2.05) is 0 Å². The van der Waals surface area contributed by atoms with Gasteiger partial charge in [0, 0.05) is 0 Å². The van der Waals surface area contributed by atoms with Crippen LogP contribution in [0.2, 0.25) is 0 Å². The summed E-state index contributed by atoms with van der Waals surface area (Å²) in [5, 5.41) is 8.47. The molecule has 0 atom stereocenters. The molecular weight excluding hydrogens is 138 g/mol. The third-order valence-electron chi connectivity index (χ3n) is 0. The maximum atomic E-state index is 7.13. The molecule has 0 aromatic heterocycles. The van der Waals surface area contributed by atoms with Gasteiger partial charge in [-0.2, -0.15) is 0 Å². The van der Waals surface area contributed by atoms with Crippen LogP contribution in [-0.2, 0) is 12.6 Å². The lowest BCUT2D eigenvalue weighted by Crippen LogP contribution is -1.15. The predicted octanol–water partition coefficient (Wildman–Crippen LogP) is -4.11. The van der Waals surface area contributed by atoms with Gasteiger partial charge in [-0.25, -0.2) is 5.26 Å². The zero-order chi connectivity index (χ0) is 2.71. The lowest BCUT2D eigenvalue weighted by molar-refractivity contribution is 0.823. The highest BCUT2D eigenvalue weighted by Gasteiger charge is 0.867. The first-order valence-corrected chi connectivity index (χ1v) is 0.836. The molecular formula is CH10NO5S-. The largest absolute Gasteiger partial charge is 0.696 e. The van der Waals surface area contributed by atoms with Crippen molar-refractivity contribution in [1.82, 2.24) is 0 Å². The van der Waals surface area contributed by atoms with Crippen molar-refractivity contribution in [2.24, 2.45) is 0 Å². The second-order valence-corrected chi connectivity index (χ2v) is 0.274. The molecule has 8 heavy (non-hydrogen) atoms. The van der Waals surface area contributed by atoms with Gasteiger partial charge in [0.1, 0.15) is 0 Å². The molecule has 0 aromatic rings. The molecule has 0 spiro atoms. The summed E-state index contributed by atoms with van der Waals surface area (Å²) in [6, 6.07) is 0. The molecule has 10 N–H and O–H groups in total. The van der Waals surface area contributed by atoms with Gasteiger partial charge in [0.25, 0.3) is 0 Å². The standard InChI is InChI=1S/CHNS.5H2O/c2-1-3;;;;;/h3H;5*1H2/p-1. The summed E-state index contributed by atoms with van der Waals surface area (Å²) in [7, 11) is 0. The number of rotatable bonds is 0. The monoisotopic (exact) mass is 148 g/mol. The summed E-state index contributed by atoms with van der Waals surface area (Å²) in [4.78, 5) is 0. The van der Waals surface area contributed by atoms with E-state index in [1.54, 1.807) is 0 Å². The maximum Gasteiger partial charge on any atom is -0.0797 e. The van der Waals surface area contributed by atoms with Crippen LogP contribution in [0.4, 0.5) is 0 Å². The molecule has 0 amide bonds. The van der Waals surface area contributed by atoms with Crippen LogP contribution < -0.4 is 0 Å². The van der Waals surface area contributed by atoms with Gasteiger partial charge in [-0.15, -0.1) is 0 Å². The Morgan fingerprint density at radius 1 is 0.875 bits per heavy atom. The molecule has 6 nitrogen and oxygen atoms in total. The molecule has 0 bridgehead atoms. The highest BCUT2D eigenvalue weighted by atomic mass is 32.1. The molecule has 0 saturated heterocycles. The lowest BCUT2D eigenvalue weighted by Gasteiger charge is -1.53. The molecule has 56 valence electrons. The highest BCUT2D eigenvalue weighted by molar-refractivity contribution is 7.64. The second kappa shape index (κ2) is 760. The lowest BCUT2D eigenvalue weighted by atomic mass is 11.8. The Morgan fingerprint density at radius 3 is 0.875 bits per heavy atom. The third kappa shape index (κ3) is 467. The van der Waals surface area contributed by atoms with E-state index < -0.39 is 0 Å². The third-order valence-corrected chi connectivity index (χ3v) is 0. The van der Waals surface area contributed by atoms with Gasteiger partial charge in [0.2, 0.25) is 0 Å². The first kappa shape index (κ1) is 140. The zero-order valence-electron chi connectivity index (χ0n) is 3.86. The Labute approximate surface area is 51.7 Å². The first-order chi connectivity index (χ1) is 1.41. The van der Waals surface area contributed by atoms with Crippen LogP contribution in [0.15, 0.2) is 0 Å². The van der Waals surface area contributed by atoms with Gasteiger partial charge in [-0.1, -0.05) is 5.40 Å². The van der Waals surface area contributed by atoms with E-state index in [-0.39, 0.29) is 27.4 Å². The molecule has 0 heterocycles. The first-order valence-electron chi connectivity index (χ1n) is 0.428. The fourth-order valence-corrected chi connectivity index (χ4v) is 0. The predicted molar refractivity (Wildman–Crippen MR) is 31.0 cm³/mol. The van der Waals surface area contributed by atoms with E-state index in [4.69, 9.17) is 5.26 Å². The number of nitrogens with zero attached hydrogens (tertiary/aromatic N) is 1. The van der Waals surface area contributed by atoms with Crippen LogP contribution in [0.5, 0.6) is 0 Å². The van der Waals surface area contributed by atoms with Crippen molar-refractivity contribution in [2.45, 2.75) is 0 Å². The normalized spacial score (nSPS) is 0.875. The van der Waals surface area contributed by atoms with Crippen LogP contribution in [0.1, 0.15) is 0 Å². The van der Waals surface area contributed by atoms with Crippen molar-refractivity contribution in [1.29, 1.82) is 5.26 Å². The van der Waals surface area contributed by atoms with Crippen molar-refractivity contribution in [3.8, 4) is 5.40 Å². The van der Waals surface area contributed by atoms with E-state index >= 15 is 0 Å². The van der Waals surface area contributed by atoms with Gasteiger partial charge >= 0.3 is 0 Å². The highest BCUT2D eigenvalue weighted by Crippen LogP contribution is 1.16. The van der Waals surface area contributed by atoms with Crippen molar-refractivity contribution >= 4 is 12.6 Å². The fourth-order valence-electron chi connectivity index (χ4n) is 0. The van der Waals surface area contributed by atoms with Gasteiger partial charge in [-0.05, 0) is 0 Å². The van der Waals surface area contributed by atoms with Gasteiger partial charge in [0.05, 0.1) is 0 Å². The molecule has 0 saturated carbocycles. The van der Waals surface area contributed by atoms with Crippen LogP contribution in [0.3, 0.4) is 0 Å². The van der Waals surface area contributed by atoms with Gasteiger partial charge in [-0.3, -0.25) is 0 Å². The Balaban J connectivity index is -0.00000000200. The quantitative estimate of drug-likeness (QED) is 0.250. The minimum absolute atomic E-state index is 0. The Morgan fingerprint density at radius 2 is 0.875 bits per heavy atom. The Hall–Kier alpha value is -0.490. The van der Waals surface area contributed by atoms with Gasteiger partial charge in [0.15, 0.2) is 0 Å². The number of hydrogen-bond donors (Lipinski definition) is 0. The molecule has 0 aromatic carbocycles. The Bertz CT molecular complexity index is 33.9. The van der Waals surface area contributed by atoms with Crippen molar-refractivity contribution in [3.63, 3.8) is 0 Å². The number of nitriles is 1. The van der Waals surface area contributed by atoms with E-state index in [0.717, 1.165) is 0 Å². The van der Waals surface area contributed by atoms with Crippen molar-refractivity contribution < 1.29 is 27.4 Å². The topological polar surface area (TPSA) is 181 Å². The molecule has 0 aliphatic carbocycles. The molecule has 7 heteroatoms. The molecule has 0 unspecified atom stereocenters. The average molecular weight is 148 g/mol. The molecule has 0 fully saturated rings. The number of hydrogen-bond acceptors (Lipinski definition) is 2. The Kier molecular flexibility index (Phi) is 13300. The maximum absolute atomic E-state index is 7.13. The van der Waals surface area contributed by atoms with E-state index in [0.29, 0.717) is 0 Å². The van der Waals surface area contributed by atoms with Crippen molar-refractivity contribution in [3.05, 3.63) is 0 Å². The SMILES string of the molecule is N#C[S-].O.O.O.O.O. The minimum Gasteiger partial charge on any atom is -0.696 e. The van der Waals surface area contributed by atoms with E-state index in [2.05, 4.69) is 12.6 Å². The van der Waals surface area contributed by atoms with Crippen LogP contribution in [0.25, 0.3) is 0 Å². The molecule has 0 radical (unpaired) electrons. The molecule has 0 aliphatic heterocycles. The smallest absolute Gasteiger partial charge is 0.0797 e. The van der Waals surface area contributed by atoms with E-state index in [1.165, 1.54) is 5.40 Å². The average Bonchev–Trinajstić information content (AvgIpc) is 0.918. The second-order valence-electron chi connectivity index (χ2n) is 0.0913. The summed E-state index contributed by atoms with van der Waals surface area (Å²) in [6.45, 7) is 0. The van der Waals surface area contributed by atoms with Gasteiger partial charge < -0.3 is 40.0 Å². The zero-order valence-corrected chi connectivity index (χ0v) is 4.67. The van der Waals surface area contributed by atoms with E-state index in [9.17, 15) is 0 Å². The minimum atomic E-state index is 0. The van der Waals surface area contributed by atoms with Crippen molar-refractivity contribution in [2.75, 3.05) is 0 Å². The van der Waals surface area contributed by atoms with Crippen LogP contribution >= 0.6 is 0 Å². The van der Waals surface area contributed by atoms with Crippen LogP contribution in [-0.4, -0.2) is 27.4 Å². The summed E-state index contributed by atoms with van der Waals surface area (Å²) >= 11 is 3.70. The molecule has 0 rings (SSSR count). The number of thiocyanates is 1. The summed E-state index contributed by atoms with van der Waals surface area (Å²) in [6.07, 6.45) is 0. The summed E-state index contributed by atoms with van der Waals surface area (Å²) < 4.78 is 0. The molecule has 0 aliphatic rings. The van der Waals surface area contributed by atoms with Crippen LogP contribution in [0, 0.1) is 10.7 Å². The summed E-state index contributed by atoms with van der Waals surface area (Å²) in [5.74, 6) is 0. The fraction of sp³-hybridized carbons (Fsp3) is 0.